The summed E-state index contributed by atoms with van der Waals surface area (Å²) in [5, 5.41) is 18.4. The van der Waals surface area contributed by atoms with Gasteiger partial charge in [-0.1, -0.05) is 11.6 Å². The van der Waals surface area contributed by atoms with Gasteiger partial charge in [-0.2, -0.15) is 10.5 Å². The van der Waals surface area contributed by atoms with Crippen LogP contribution in [0.1, 0.15) is 5.56 Å². The maximum absolute atomic E-state index is 12.4. The molecule has 0 amide bonds. The molecule has 2 aromatic rings. The van der Waals surface area contributed by atoms with Crippen molar-refractivity contribution in [3.63, 3.8) is 0 Å². The third kappa shape index (κ3) is 2.44. The second kappa shape index (κ2) is 5.44. The molecule has 0 fully saturated rings. The molecule has 0 aliphatic carbocycles. The number of anilines is 2. The smallest absolute Gasteiger partial charge is 0.220 e. The standard InChI is InChI=1S/C16H8ClN3O2S/c17-12-3-6-16-15(7-12)20(10-14(9-19)23(16,21)22)13-4-1-11(8-18)2-5-13/h1-7,10H. The van der Waals surface area contributed by atoms with Crippen LogP contribution in [0.25, 0.3) is 0 Å². The molecule has 3 rings (SSSR count). The summed E-state index contributed by atoms with van der Waals surface area (Å²) in [6, 6.07) is 14.7. The maximum Gasteiger partial charge on any atom is 0.220 e. The number of halogens is 1. The van der Waals surface area contributed by atoms with E-state index < -0.39 is 9.84 Å². The molecule has 5 nitrogen and oxygen atoms in total. The Morgan fingerprint density at radius 3 is 2.30 bits per heavy atom. The van der Waals surface area contributed by atoms with E-state index in [0.29, 0.717) is 22.0 Å². The molecule has 7 heteroatoms. The first-order valence-corrected chi connectivity index (χ1v) is 8.29. The van der Waals surface area contributed by atoms with Gasteiger partial charge in [0.05, 0.1) is 22.2 Å². The van der Waals surface area contributed by atoms with Crippen molar-refractivity contribution in [1.82, 2.24) is 0 Å². The molecular weight excluding hydrogens is 334 g/mol. The fourth-order valence-corrected chi connectivity index (χ4v) is 3.73. The summed E-state index contributed by atoms with van der Waals surface area (Å²) in [6.45, 7) is 0. The third-order valence-corrected chi connectivity index (χ3v) is 5.33. The predicted octanol–water partition coefficient (Wildman–Crippen LogP) is 3.50. The lowest BCUT2D eigenvalue weighted by molar-refractivity contribution is 0.602. The fourth-order valence-electron chi connectivity index (χ4n) is 2.28. The van der Waals surface area contributed by atoms with Gasteiger partial charge in [0.25, 0.3) is 0 Å². The Kier molecular flexibility index (Phi) is 3.57. The van der Waals surface area contributed by atoms with Gasteiger partial charge < -0.3 is 4.90 Å². The fraction of sp³-hybridized carbons (Fsp3) is 0. The summed E-state index contributed by atoms with van der Waals surface area (Å²) in [6.07, 6.45) is 1.26. The van der Waals surface area contributed by atoms with Gasteiger partial charge in [-0.15, -0.1) is 0 Å². The first kappa shape index (κ1) is 15.1. The molecule has 0 atom stereocenters. The first-order chi connectivity index (χ1) is 11.0. The van der Waals surface area contributed by atoms with E-state index in [2.05, 4.69) is 0 Å². The molecule has 112 valence electrons. The number of fused-ring (bicyclic) bond motifs is 1. The van der Waals surface area contributed by atoms with Crippen molar-refractivity contribution in [2.75, 3.05) is 4.90 Å². The monoisotopic (exact) mass is 341 g/mol. The molecule has 23 heavy (non-hydrogen) atoms. The summed E-state index contributed by atoms with van der Waals surface area (Å²) in [7, 11) is -3.86. The average molecular weight is 342 g/mol. The molecule has 0 saturated heterocycles. The molecular formula is C16H8ClN3O2S. The second-order valence-electron chi connectivity index (χ2n) is 4.75. The molecule has 0 saturated carbocycles. The van der Waals surface area contributed by atoms with Gasteiger partial charge in [-0.25, -0.2) is 8.42 Å². The Balaban J connectivity index is 2.26. The highest BCUT2D eigenvalue weighted by atomic mass is 35.5. The largest absolute Gasteiger partial charge is 0.314 e. The van der Waals surface area contributed by atoms with Gasteiger partial charge in [0.2, 0.25) is 9.84 Å². The maximum atomic E-state index is 12.4. The molecule has 0 N–H and O–H groups in total. The second-order valence-corrected chi connectivity index (χ2v) is 7.07. The van der Waals surface area contributed by atoms with Crippen molar-refractivity contribution in [3.05, 3.63) is 64.2 Å². The van der Waals surface area contributed by atoms with Crippen molar-refractivity contribution < 1.29 is 8.42 Å². The normalized spacial score (nSPS) is 15.1. The molecule has 1 aliphatic rings. The predicted molar refractivity (Wildman–Crippen MR) is 85.6 cm³/mol. The Labute approximate surface area is 138 Å². The van der Waals surface area contributed by atoms with Crippen molar-refractivity contribution in [3.8, 4) is 12.1 Å². The zero-order chi connectivity index (χ0) is 16.6. The molecule has 0 bridgehead atoms. The van der Waals surface area contributed by atoms with Crippen LogP contribution in [0.15, 0.2) is 58.5 Å². The van der Waals surface area contributed by atoms with Crippen LogP contribution in [-0.2, 0) is 9.84 Å². The van der Waals surface area contributed by atoms with E-state index in [1.165, 1.54) is 24.4 Å². The number of allylic oxidation sites excluding steroid dienone is 1. The zero-order valence-corrected chi connectivity index (χ0v) is 13.1. The minimum atomic E-state index is -3.86. The van der Waals surface area contributed by atoms with E-state index in [9.17, 15) is 8.42 Å². The van der Waals surface area contributed by atoms with E-state index >= 15 is 0 Å². The lowest BCUT2D eigenvalue weighted by atomic mass is 10.2. The highest BCUT2D eigenvalue weighted by Gasteiger charge is 2.32. The summed E-state index contributed by atoms with van der Waals surface area (Å²) >= 11 is 5.99. The van der Waals surface area contributed by atoms with Crippen molar-refractivity contribution >= 4 is 32.8 Å². The lowest BCUT2D eigenvalue weighted by Crippen LogP contribution is -2.21. The summed E-state index contributed by atoms with van der Waals surface area (Å²) in [4.78, 5) is 1.24. The highest BCUT2D eigenvalue weighted by molar-refractivity contribution is 7.95. The van der Waals surface area contributed by atoms with E-state index in [0.717, 1.165) is 0 Å². The first-order valence-electron chi connectivity index (χ1n) is 6.43. The van der Waals surface area contributed by atoms with Crippen LogP contribution < -0.4 is 4.90 Å². The number of sulfone groups is 1. The van der Waals surface area contributed by atoms with E-state index in [1.54, 1.807) is 35.2 Å². The van der Waals surface area contributed by atoms with Crippen LogP contribution in [0, 0.1) is 22.7 Å². The Hall–Kier alpha value is -2.80. The summed E-state index contributed by atoms with van der Waals surface area (Å²) in [5.74, 6) is 0. The highest BCUT2D eigenvalue weighted by Crippen LogP contribution is 2.40. The Morgan fingerprint density at radius 1 is 1.00 bits per heavy atom. The number of rotatable bonds is 1. The van der Waals surface area contributed by atoms with Gasteiger partial charge in [-0.05, 0) is 42.5 Å². The van der Waals surface area contributed by atoms with Crippen LogP contribution >= 0.6 is 11.6 Å². The van der Waals surface area contributed by atoms with E-state index in [4.69, 9.17) is 22.1 Å². The number of hydrogen-bond donors (Lipinski definition) is 0. The van der Waals surface area contributed by atoms with Gasteiger partial charge in [0.15, 0.2) is 4.91 Å². The number of hydrogen-bond acceptors (Lipinski definition) is 5. The summed E-state index contributed by atoms with van der Waals surface area (Å²) in [5.41, 5.74) is 1.46. The minimum absolute atomic E-state index is 0.0188. The van der Waals surface area contributed by atoms with Crippen molar-refractivity contribution in [2.24, 2.45) is 0 Å². The number of benzene rings is 2. The number of nitrogens with zero attached hydrogens (tertiary/aromatic N) is 3. The molecule has 1 heterocycles. The van der Waals surface area contributed by atoms with Crippen molar-refractivity contribution in [1.29, 1.82) is 10.5 Å². The van der Waals surface area contributed by atoms with Crippen LogP contribution in [-0.4, -0.2) is 8.42 Å². The molecule has 0 spiro atoms. The van der Waals surface area contributed by atoms with Gasteiger partial charge in [0, 0.05) is 16.9 Å². The van der Waals surface area contributed by atoms with Gasteiger partial charge in [0.1, 0.15) is 6.07 Å². The molecule has 0 unspecified atom stereocenters. The SMILES string of the molecule is N#CC1=CN(c2ccc(C#N)cc2)c2cc(Cl)ccc2S1(=O)=O. The molecule has 1 aliphatic heterocycles. The lowest BCUT2D eigenvalue weighted by Gasteiger charge is -2.27. The van der Waals surface area contributed by atoms with E-state index in [-0.39, 0.29) is 9.80 Å². The Bertz CT molecular complexity index is 1010. The summed E-state index contributed by atoms with van der Waals surface area (Å²) < 4.78 is 24.8. The topological polar surface area (TPSA) is 85.0 Å². The van der Waals surface area contributed by atoms with Crippen molar-refractivity contribution in [2.45, 2.75) is 4.90 Å². The van der Waals surface area contributed by atoms with Crippen LogP contribution in [0.2, 0.25) is 5.02 Å². The molecule has 0 aromatic heterocycles. The van der Waals surface area contributed by atoms with Gasteiger partial charge >= 0.3 is 0 Å². The van der Waals surface area contributed by atoms with Gasteiger partial charge in [-0.3, -0.25) is 0 Å². The van der Waals surface area contributed by atoms with Crippen LogP contribution in [0.4, 0.5) is 11.4 Å². The molecule has 2 aromatic carbocycles. The number of nitriles is 2. The quantitative estimate of drug-likeness (QED) is 0.792. The minimum Gasteiger partial charge on any atom is -0.314 e. The van der Waals surface area contributed by atoms with Crippen LogP contribution in [0.3, 0.4) is 0 Å². The third-order valence-electron chi connectivity index (χ3n) is 3.39. The Morgan fingerprint density at radius 2 is 1.70 bits per heavy atom. The zero-order valence-electron chi connectivity index (χ0n) is 11.6. The molecule has 0 radical (unpaired) electrons. The average Bonchev–Trinajstić information content (AvgIpc) is 2.55. The van der Waals surface area contributed by atoms with E-state index in [1.807, 2.05) is 6.07 Å². The van der Waals surface area contributed by atoms with Crippen LogP contribution in [0.5, 0.6) is 0 Å².